The van der Waals surface area contributed by atoms with E-state index in [2.05, 4.69) is 75.2 Å². The summed E-state index contributed by atoms with van der Waals surface area (Å²) in [6, 6.07) is 16.7. The number of ether oxygens (including phenoxy) is 4. The minimum absolute atomic E-state index is 0.0466. The molecule has 272 valence electrons. The number of rotatable bonds is 14. The Labute approximate surface area is 303 Å². The second kappa shape index (κ2) is 15.8. The molecular formula is C42H54N4O5. The average Bonchev–Trinajstić information content (AvgIpc) is 3.52. The van der Waals surface area contributed by atoms with Gasteiger partial charge in [-0.3, -0.25) is 0 Å². The summed E-state index contributed by atoms with van der Waals surface area (Å²) in [4.78, 5) is 20.7. The first-order chi connectivity index (χ1) is 24.3. The van der Waals surface area contributed by atoms with E-state index in [1.54, 1.807) is 6.08 Å². The second-order valence-corrected chi connectivity index (χ2v) is 14.8. The summed E-state index contributed by atoms with van der Waals surface area (Å²) in [5.41, 5.74) is 6.00. The Kier molecular flexibility index (Phi) is 11.7. The largest absolute Gasteiger partial charge is 0.490 e. The number of carbonyl (C=O) groups is 1. The molecule has 2 atom stereocenters. The molecule has 0 radical (unpaired) electrons. The number of aryl methyl sites for hydroxylation is 2. The molecule has 1 aliphatic rings. The van der Waals surface area contributed by atoms with E-state index in [1.807, 2.05) is 50.4 Å². The average molecular weight is 695 g/mol. The van der Waals surface area contributed by atoms with E-state index in [0.29, 0.717) is 36.6 Å². The predicted molar refractivity (Wildman–Crippen MR) is 204 cm³/mol. The van der Waals surface area contributed by atoms with Crippen molar-refractivity contribution in [2.24, 2.45) is 0 Å². The molecule has 4 aromatic rings. The highest BCUT2D eigenvalue weighted by Gasteiger charge is 2.38. The lowest BCUT2D eigenvalue weighted by Gasteiger charge is -2.41. The SMILES string of the molecule is C=CCC[C@H](C)Oc1ccc(C)cc1-c1cccc(-c2cc3nc(C)c([C@H](OC(C)(C)C)C(=O)OC)c(N4CCC(C)(OCC=C)CC4)n3n2)c1. The topological polar surface area (TPSA) is 87.4 Å². The summed E-state index contributed by atoms with van der Waals surface area (Å²) in [5, 5.41) is 5.19. The zero-order valence-corrected chi connectivity index (χ0v) is 31.6. The third-order valence-electron chi connectivity index (χ3n) is 9.33. The van der Waals surface area contributed by atoms with Crippen molar-refractivity contribution >= 4 is 17.4 Å². The summed E-state index contributed by atoms with van der Waals surface area (Å²) in [6.45, 7) is 23.6. The number of carbonyl (C=O) groups excluding carboxylic acids is 1. The highest BCUT2D eigenvalue weighted by atomic mass is 16.6. The van der Waals surface area contributed by atoms with Gasteiger partial charge in [-0.2, -0.15) is 9.61 Å². The quantitative estimate of drug-likeness (QED) is 0.0955. The Hall–Kier alpha value is -4.47. The van der Waals surface area contributed by atoms with Crippen molar-refractivity contribution in [3.63, 3.8) is 0 Å². The summed E-state index contributed by atoms with van der Waals surface area (Å²) in [6.07, 6.45) is 6.12. The van der Waals surface area contributed by atoms with Crippen molar-refractivity contribution in [2.75, 3.05) is 31.7 Å². The van der Waals surface area contributed by atoms with Gasteiger partial charge in [0.2, 0.25) is 0 Å². The van der Waals surface area contributed by atoms with E-state index in [-0.39, 0.29) is 11.7 Å². The van der Waals surface area contributed by atoms with E-state index in [1.165, 1.54) is 7.11 Å². The Morgan fingerprint density at radius 3 is 2.43 bits per heavy atom. The minimum atomic E-state index is -1.00. The molecule has 1 aliphatic heterocycles. The smallest absolute Gasteiger partial charge is 0.339 e. The molecule has 5 rings (SSSR count). The number of fused-ring (bicyclic) bond motifs is 1. The third-order valence-corrected chi connectivity index (χ3v) is 9.33. The molecule has 0 amide bonds. The number of hydrogen-bond donors (Lipinski definition) is 0. The van der Waals surface area contributed by atoms with Gasteiger partial charge in [0.25, 0.3) is 0 Å². The van der Waals surface area contributed by atoms with Gasteiger partial charge < -0.3 is 23.8 Å². The molecule has 9 heteroatoms. The highest BCUT2D eigenvalue weighted by molar-refractivity contribution is 5.81. The Morgan fingerprint density at radius 1 is 1.04 bits per heavy atom. The molecule has 3 heterocycles. The van der Waals surface area contributed by atoms with Crippen molar-refractivity contribution in [2.45, 2.75) is 97.6 Å². The van der Waals surface area contributed by atoms with Gasteiger partial charge in [0.15, 0.2) is 11.8 Å². The van der Waals surface area contributed by atoms with Crippen LogP contribution in [-0.4, -0.2) is 64.7 Å². The number of aromatic nitrogens is 3. The molecule has 0 unspecified atom stereocenters. The van der Waals surface area contributed by atoms with Crippen LogP contribution in [0.5, 0.6) is 5.75 Å². The van der Waals surface area contributed by atoms with E-state index in [0.717, 1.165) is 65.2 Å². The number of nitrogens with zero attached hydrogens (tertiary/aromatic N) is 4. The fourth-order valence-electron chi connectivity index (χ4n) is 6.59. The highest BCUT2D eigenvalue weighted by Crippen LogP contribution is 2.39. The molecule has 0 bridgehead atoms. The molecule has 2 aromatic heterocycles. The van der Waals surface area contributed by atoms with Crippen LogP contribution in [0.25, 0.3) is 28.0 Å². The van der Waals surface area contributed by atoms with E-state index < -0.39 is 17.7 Å². The van der Waals surface area contributed by atoms with Crippen LogP contribution in [0.3, 0.4) is 0 Å². The number of piperidine rings is 1. The zero-order chi connectivity index (χ0) is 36.9. The van der Waals surface area contributed by atoms with Crippen molar-refractivity contribution < 1.29 is 23.7 Å². The second-order valence-electron chi connectivity index (χ2n) is 14.8. The maximum atomic E-state index is 13.4. The summed E-state index contributed by atoms with van der Waals surface area (Å²) >= 11 is 0. The van der Waals surface area contributed by atoms with Gasteiger partial charge in [-0.05, 0) is 97.9 Å². The first-order valence-electron chi connectivity index (χ1n) is 17.9. The first-order valence-corrected chi connectivity index (χ1v) is 17.9. The molecule has 1 saturated heterocycles. The van der Waals surface area contributed by atoms with Crippen LogP contribution in [0.4, 0.5) is 5.82 Å². The summed E-state index contributed by atoms with van der Waals surface area (Å²) in [7, 11) is 1.39. The maximum Gasteiger partial charge on any atom is 0.339 e. The van der Waals surface area contributed by atoms with Crippen molar-refractivity contribution in [1.29, 1.82) is 0 Å². The summed E-state index contributed by atoms with van der Waals surface area (Å²) in [5.74, 6) is 1.13. The predicted octanol–water partition coefficient (Wildman–Crippen LogP) is 9.00. The molecule has 2 aromatic carbocycles. The molecule has 51 heavy (non-hydrogen) atoms. The lowest BCUT2D eigenvalue weighted by molar-refractivity contribution is -0.164. The Balaban J connectivity index is 1.62. The molecule has 0 saturated carbocycles. The van der Waals surface area contributed by atoms with Crippen LogP contribution in [0.2, 0.25) is 0 Å². The molecule has 9 nitrogen and oxygen atoms in total. The minimum Gasteiger partial charge on any atom is -0.490 e. The monoisotopic (exact) mass is 694 g/mol. The zero-order valence-electron chi connectivity index (χ0n) is 31.6. The van der Waals surface area contributed by atoms with Crippen LogP contribution in [-0.2, 0) is 19.0 Å². The number of methoxy groups -OCH3 is 1. The molecule has 1 fully saturated rings. The number of hydrogen-bond acceptors (Lipinski definition) is 8. The van der Waals surface area contributed by atoms with Crippen LogP contribution in [0.15, 0.2) is 73.8 Å². The van der Waals surface area contributed by atoms with Gasteiger partial charge in [-0.25, -0.2) is 9.78 Å². The maximum absolute atomic E-state index is 13.4. The standard InChI is InChI=1S/C42H54N4O5/c1-11-13-15-29(4)50-35-19-18-28(3)25-33(35)31-16-14-17-32(26-31)34-27-36-43-30(5)37(38(40(47)48-10)51-41(6,7)8)39(46(36)44-34)45-22-20-42(9,21-23-45)49-24-12-2/h11-12,14,16-19,25-27,29,38H,1-2,13,15,20-24H2,3-10H3/t29-,38-/m0/s1. The lowest BCUT2D eigenvalue weighted by atomic mass is 9.92. The van der Waals surface area contributed by atoms with Crippen LogP contribution < -0.4 is 9.64 Å². The Morgan fingerprint density at radius 2 is 1.76 bits per heavy atom. The van der Waals surface area contributed by atoms with Gasteiger partial charge in [0.05, 0.1) is 42.3 Å². The molecule has 0 spiro atoms. The van der Waals surface area contributed by atoms with Crippen molar-refractivity contribution in [3.05, 3.63) is 90.7 Å². The van der Waals surface area contributed by atoms with Gasteiger partial charge in [-0.15, -0.1) is 13.2 Å². The first kappa shape index (κ1) is 37.8. The number of esters is 1. The number of allylic oxidation sites excluding steroid dienone is 1. The molecular weight excluding hydrogens is 640 g/mol. The molecule has 0 aliphatic carbocycles. The van der Waals surface area contributed by atoms with Gasteiger partial charge >= 0.3 is 5.97 Å². The van der Waals surface area contributed by atoms with Crippen molar-refractivity contribution in [3.8, 4) is 28.1 Å². The normalized spacial score (nSPS) is 15.7. The van der Waals surface area contributed by atoms with E-state index in [9.17, 15) is 4.79 Å². The number of benzene rings is 2. The lowest BCUT2D eigenvalue weighted by Crippen LogP contribution is -2.45. The third kappa shape index (κ3) is 8.89. The van der Waals surface area contributed by atoms with Crippen molar-refractivity contribution in [1.82, 2.24) is 14.6 Å². The fraction of sp³-hybridized carbons (Fsp3) is 0.452. The van der Waals surface area contributed by atoms with Gasteiger partial charge in [0, 0.05) is 36.0 Å². The van der Waals surface area contributed by atoms with E-state index in [4.69, 9.17) is 29.0 Å². The number of anilines is 1. The molecule has 0 N–H and O–H groups in total. The summed E-state index contributed by atoms with van der Waals surface area (Å²) < 4.78 is 26.2. The van der Waals surface area contributed by atoms with Crippen LogP contribution >= 0.6 is 0 Å². The van der Waals surface area contributed by atoms with Gasteiger partial charge in [-0.1, -0.05) is 42.0 Å². The van der Waals surface area contributed by atoms with E-state index >= 15 is 0 Å². The van der Waals surface area contributed by atoms with Crippen LogP contribution in [0.1, 0.15) is 83.2 Å². The Bertz CT molecular complexity index is 1870. The van der Waals surface area contributed by atoms with Gasteiger partial charge in [0.1, 0.15) is 11.6 Å². The van der Waals surface area contributed by atoms with Crippen LogP contribution in [0, 0.1) is 13.8 Å². The fourth-order valence-corrected chi connectivity index (χ4v) is 6.59.